The molecule has 1 aliphatic carbocycles. The van der Waals surface area contributed by atoms with Crippen LogP contribution >= 0.6 is 11.8 Å². The van der Waals surface area contributed by atoms with Crippen molar-refractivity contribution in [2.75, 3.05) is 5.75 Å². The highest BCUT2D eigenvalue weighted by Gasteiger charge is 2.57. The lowest BCUT2D eigenvalue weighted by Crippen LogP contribution is -2.63. The first-order chi connectivity index (χ1) is 12.1. The fraction of sp³-hybridized carbons (Fsp3) is 0.556. The van der Waals surface area contributed by atoms with E-state index in [1.165, 1.54) is 36.0 Å². The molecule has 1 aromatic carbocycles. The van der Waals surface area contributed by atoms with Crippen LogP contribution in [-0.2, 0) is 4.79 Å². The number of hydrogen-bond acceptors (Lipinski definition) is 4. The number of amidine groups is 1. The molecule has 142 valence electrons. The van der Waals surface area contributed by atoms with E-state index >= 15 is 0 Å². The van der Waals surface area contributed by atoms with Crippen molar-refractivity contribution in [3.63, 3.8) is 0 Å². The molecule has 1 aromatic rings. The summed E-state index contributed by atoms with van der Waals surface area (Å²) in [5.74, 6) is -1.39. The van der Waals surface area contributed by atoms with Crippen LogP contribution < -0.4 is 5.32 Å². The van der Waals surface area contributed by atoms with Gasteiger partial charge in [-0.25, -0.2) is 4.99 Å². The fourth-order valence-corrected chi connectivity index (χ4v) is 4.32. The molecule has 0 radical (unpaired) electrons. The number of halogens is 3. The number of aliphatic hydroxyl groups is 1. The molecular formula is C18H21F3N2O2S. The van der Waals surface area contributed by atoms with E-state index in [9.17, 15) is 23.1 Å². The second-order valence-corrected chi connectivity index (χ2v) is 8.20. The van der Waals surface area contributed by atoms with Gasteiger partial charge < -0.3 is 10.4 Å². The Balaban J connectivity index is 1.71. The maximum Gasteiger partial charge on any atom is 0.395 e. The third-order valence-electron chi connectivity index (χ3n) is 5.54. The zero-order chi connectivity index (χ0) is 19.2. The summed E-state index contributed by atoms with van der Waals surface area (Å²) in [5.41, 5.74) is -1.19. The minimum Gasteiger partial charge on any atom is -0.389 e. The highest BCUT2D eigenvalue weighted by Crippen LogP contribution is 2.49. The second kappa shape index (κ2) is 6.56. The van der Waals surface area contributed by atoms with Gasteiger partial charge in [0.05, 0.1) is 22.6 Å². The molecule has 3 rings (SSSR count). The van der Waals surface area contributed by atoms with Crippen LogP contribution in [0.15, 0.2) is 29.3 Å². The molecule has 2 aliphatic rings. The lowest BCUT2D eigenvalue weighted by atomic mass is 9.62. The van der Waals surface area contributed by atoms with E-state index in [1.807, 2.05) is 0 Å². The number of rotatable bonds is 3. The zero-order valence-corrected chi connectivity index (χ0v) is 15.4. The average Bonchev–Trinajstić information content (AvgIpc) is 2.55. The van der Waals surface area contributed by atoms with Gasteiger partial charge in [-0.05, 0) is 50.8 Å². The summed E-state index contributed by atoms with van der Waals surface area (Å²) in [6, 6.07) is 5.80. The lowest BCUT2D eigenvalue weighted by molar-refractivity contribution is -0.158. The van der Waals surface area contributed by atoms with E-state index in [2.05, 4.69) is 10.3 Å². The Kier molecular flexibility index (Phi) is 4.85. The number of thioether (sulfide) groups is 1. The molecule has 1 heterocycles. The van der Waals surface area contributed by atoms with Crippen molar-refractivity contribution in [2.24, 2.45) is 10.4 Å². The first kappa shape index (κ1) is 19.2. The first-order valence-corrected chi connectivity index (χ1v) is 9.46. The molecule has 8 heteroatoms. The van der Waals surface area contributed by atoms with Gasteiger partial charge in [-0.2, -0.15) is 13.2 Å². The van der Waals surface area contributed by atoms with Gasteiger partial charge in [-0.15, -0.1) is 0 Å². The van der Waals surface area contributed by atoms with Crippen LogP contribution in [0.25, 0.3) is 0 Å². The molecule has 2 fully saturated rings. The molecule has 1 amide bonds. The summed E-state index contributed by atoms with van der Waals surface area (Å²) in [6.07, 6.45) is -2.15. The molecule has 2 unspecified atom stereocenters. The SMILES string of the molecule is CC(c1ccc(N=C2NC(=O)C(C)(C3(O)CCC3)CS2)cc1)C(F)(F)F. The summed E-state index contributed by atoms with van der Waals surface area (Å²) in [7, 11) is 0. The molecule has 0 aromatic heterocycles. The van der Waals surface area contributed by atoms with Gasteiger partial charge in [0.2, 0.25) is 5.91 Å². The van der Waals surface area contributed by atoms with Crippen molar-refractivity contribution in [3.05, 3.63) is 29.8 Å². The Hall–Kier alpha value is -1.54. The van der Waals surface area contributed by atoms with Crippen LogP contribution in [0.2, 0.25) is 0 Å². The van der Waals surface area contributed by atoms with Crippen LogP contribution in [0.1, 0.15) is 44.6 Å². The van der Waals surface area contributed by atoms with Crippen molar-refractivity contribution < 1.29 is 23.1 Å². The topological polar surface area (TPSA) is 61.7 Å². The van der Waals surface area contributed by atoms with Gasteiger partial charge in [0, 0.05) is 5.75 Å². The Morgan fingerprint density at radius 3 is 2.35 bits per heavy atom. The number of carbonyl (C=O) groups is 1. The van der Waals surface area contributed by atoms with Crippen molar-refractivity contribution in [2.45, 2.75) is 50.8 Å². The van der Waals surface area contributed by atoms with Crippen molar-refractivity contribution in [3.8, 4) is 0 Å². The summed E-state index contributed by atoms with van der Waals surface area (Å²) in [4.78, 5) is 16.8. The minimum absolute atomic E-state index is 0.168. The molecule has 26 heavy (non-hydrogen) atoms. The quantitative estimate of drug-likeness (QED) is 0.821. The van der Waals surface area contributed by atoms with E-state index in [0.717, 1.165) is 13.3 Å². The smallest absolute Gasteiger partial charge is 0.389 e. The Morgan fingerprint density at radius 1 is 1.27 bits per heavy atom. The number of amides is 1. The monoisotopic (exact) mass is 386 g/mol. The summed E-state index contributed by atoms with van der Waals surface area (Å²) in [5, 5.41) is 13.7. The predicted octanol–water partition coefficient (Wildman–Crippen LogP) is 4.12. The van der Waals surface area contributed by atoms with Crippen LogP contribution in [0.4, 0.5) is 18.9 Å². The largest absolute Gasteiger partial charge is 0.395 e. The van der Waals surface area contributed by atoms with Crippen LogP contribution in [-0.4, -0.2) is 33.7 Å². The number of hydrogen-bond donors (Lipinski definition) is 2. The normalized spacial score (nSPS) is 28.4. The number of nitrogens with one attached hydrogen (secondary N) is 1. The lowest BCUT2D eigenvalue weighted by Gasteiger charge is -2.50. The van der Waals surface area contributed by atoms with Gasteiger partial charge in [-0.3, -0.25) is 4.79 Å². The Morgan fingerprint density at radius 2 is 1.88 bits per heavy atom. The summed E-state index contributed by atoms with van der Waals surface area (Å²) >= 11 is 1.34. The third-order valence-corrected chi connectivity index (χ3v) is 6.73. The number of aliphatic imine (C=N–C) groups is 1. The third kappa shape index (κ3) is 3.36. The maximum absolute atomic E-state index is 12.8. The van der Waals surface area contributed by atoms with Crippen molar-refractivity contribution in [1.82, 2.24) is 5.32 Å². The maximum atomic E-state index is 12.8. The minimum atomic E-state index is -4.28. The Bertz CT molecular complexity index is 729. The summed E-state index contributed by atoms with van der Waals surface area (Å²) < 4.78 is 38.3. The van der Waals surface area contributed by atoms with Gasteiger partial charge in [-0.1, -0.05) is 23.9 Å². The van der Waals surface area contributed by atoms with Crippen molar-refractivity contribution in [1.29, 1.82) is 0 Å². The highest BCUT2D eigenvalue weighted by atomic mass is 32.2. The van der Waals surface area contributed by atoms with E-state index in [0.29, 0.717) is 29.4 Å². The molecule has 1 saturated carbocycles. The molecular weight excluding hydrogens is 365 g/mol. The van der Waals surface area contributed by atoms with Crippen LogP contribution in [0.3, 0.4) is 0 Å². The fourth-order valence-electron chi connectivity index (χ4n) is 3.16. The van der Waals surface area contributed by atoms with Gasteiger partial charge in [0.25, 0.3) is 0 Å². The zero-order valence-electron chi connectivity index (χ0n) is 14.6. The molecule has 1 aliphatic heterocycles. The van der Waals surface area contributed by atoms with Gasteiger partial charge in [0.15, 0.2) is 5.17 Å². The van der Waals surface area contributed by atoms with E-state index in [1.54, 1.807) is 6.92 Å². The molecule has 0 spiro atoms. The van der Waals surface area contributed by atoms with E-state index in [4.69, 9.17) is 0 Å². The van der Waals surface area contributed by atoms with Crippen molar-refractivity contribution >= 4 is 28.5 Å². The first-order valence-electron chi connectivity index (χ1n) is 8.47. The number of alkyl halides is 3. The Labute approximate surface area is 154 Å². The number of carbonyl (C=O) groups excluding carboxylic acids is 1. The van der Waals surface area contributed by atoms with Crippen LogP contribution in [0.5, 0.6) is 0 Å². The molecule has 1 saturated heterocycles. The van der Waals surface area contributed by atoms with Crippen LogP contribution in [0, 0.1) is 5.41 Å². The molecule has 2 atom stereocenters. The average molecular weight is 386 g/mol. The van der Waals surface area contributed by atoms with E-state index < -0.39 is 23.1 Å². The van der Waals surface area contributed by atoms with Gasteiger partial charge in [0.1, 0.15) is 0 Å². The molecule has 0 bridgehead atoms. The van der Waals surface area contributed by atoms with Gasteiger partial charge >= 0.3 is 6.18 Å². The molecule has 4 nitrogen and oxygen atoms in total. The second-order valence-electron chi connectivity index (χ2n) is 7.23. The predicted molar refractivity (Wildman–Crippen MR) is 95.5 cm³/mol. The summed E-state index contributed by atoms with van der Waals surface area (Å²) in [6.45, 7) is 2.88. The molecule has 2 N–H and O–H groups in total. The standard InChI is InChI=1S/C18H21F3N2O2S/c1-11(18(19,20)21)12-4-6-13(7-5-12)22-15-23-14(24)16(2,10-26-15)17(25)8-3-9-17/h4-7,11,25H,3,8-10H2,1-2H3,(H,22,23,24). The number of nitrogens with zero attached hydrogens (tertiary/aromatic N) is 1. The number of benzene rings is 1. The van der Waals surface area contributed by atoms with E-state index in [-0.39, 0.29) is 11.5 Å². The highest BCUT2D eigenvalue weighted by molar-refractivity contribution is 8.14.